The second kappa shape index (κ2) is 9.26. The van der Waals surface area contributed by atoms with Crippen LogP contribution in [0, 0.1) is 0 Å². The van der Waals surface area contributed by atoms with Crippen LogP contribution in [0.3, 0.4) is 0 Å². The van der Waals surface area contributed by atoms with Crippen LogP contribution in [0.1, 0.15) is 35.7 Å². The number of hydrogen-bond acceptors (Lipinski definition) is 4. The first-order chi connectivity index (χ1) is 13.5. The van der Waals surface area contributed by atoms with E-state index in [2.05, 4.69) is 5.32 Å². The highest BCUT2D eigenvalue weighted by molar-refractivity contribution is 5.94. The molecule has 2 aromatic rings. The number of nitrogens with one attached hydrogen (secondary N) is 1. The minimum atomic E-state index is -0.144. The van der Waals surface area contributed by atoms with Crippen molar-refractivity contribution in [2.75, 3.05) is 20.3 Å². The molecule has 0 aliphatic carbocycles. The van der Waals surface area contributed by atoms with E-state index in [1.165, 1.54) is 0 Å². The van der Waals surface area contributed by atoms with E-state index >= 15 is 0 Å². The summed E-state index contributed by atoms with van der Waals surface area (Å²) in [6.45, 7) is 3.68. The molecule has 1 aliphatic rings. The second-order valence-electron chi connectivity index (χ2n) is 6.98. The summed E-state index contributed by atoms with van der Waals surface area (Å²) in [6.07, 6.45) is 1.56. The van der Waals surface area contributed by atoms with Crippen LogP contribution in [0.25, 0.3) is 0 Å². The molecule has 1 N–H and O–H groups in total. The van der Waals surface area contributed by atoms with Gasteiger partial charge in [0.1, 0.15) is 18.1 Å². The maximum absolute atomic E-state index is 12.4. The maximum atomic E-state index is 12.4. The fourth-order valence-corrected chi connectivity index (χ4v) is 3.10. The van der Waals surface area contributed by atoms with E-state index in [0.717, 1.165) is 30.0 Å². The Hall–Kier alpha value is -3.02. The molecule has 1 aliphatic heterocycles. The summed E-state index contributed by atoms with van der Waals surface area (Å²) in [7, 11) is 1.62. The number of carbonyl (C=O) groups excluding carboxylic acids is 2. The molecular weight excluding hydrogens is 356 g/mol. The molecular formula is C22H26N2O4. The molecule has 2 aromatic carbocycles. The smallest absolute Gasteiger partial charge is 0.251 e. The Bertz CT molecular complexity index is 802. The summed E-state index contributed by atoms with van der Waals surface area (Å²) in [6, 6.07) is 14.6. The Labute approximate surface area is 165 Å². The van der Waals surface area contributed by atoms with E-state index in [4.69, 9.17) is 9.47 Å². The third kappa shape index (κ3) is 5.25. The number of likely N-dealkylation sites (tertiary alicyclic amines) is 1. The quantitative estimate of drug-likeness (QED) is 0.762. The number of hydrogen-bond donors (Lipinski definition) is 1. The Morgan fingerprint density at radius 3 is 2.39 bits per heavy atom. The zero-order valence-electron chi connectivity index (χ0n) is 16.3. The SMILES string of the molecule is COc1ccc(OC[C@@H](C)NC(=O)c2ccc(CN3CCCC3=O)cc2)cc1. The van der Waals surface area contributed by atoms with Gasteiger partial charge in [0.05, 0.1) is 13.2 Å². The van der Waals surface area contributed by atoms with Gasteiger partial charge in [-0.15, -0.1) is 0 Å². The van der Waals surface area contributed by atoms with Crippen molar-refractivity contribution in [3.63, 3.8) is 0 Å². The van der Waals surface area contributed by atoms with Crippen LogP contribution in [0.5, 0.6) is 11.5 Å². The van der Waals surface area contributed by atoms with Gasteiger partial charge in [-0.3, -0.25) is 9.59 Å². The molecule has 0 radical (unpaired) electrons. The third-order valence-corrected chi connectivity index (χ3v) is 4.70. The Kier molecular flexibility index (Phi) is 6.53. The molecule has 1 saturated heterocycles. The van der Waals surface area contributed by atoms with Crippen molar-refractivity contribution in [3.8, 4) is 11.5 Å². The minimum Gasteiger partial charge on any atom is -0.497 e. The number of methoxy groups -OCH3 is 1. The number of ether oxygens (including phenoxy) is 2. The lowest BCUT2D eigenvalue weighted by molar-refractivity contribution is -0.128. The van der Waals surface area contributed by atoms with Gasteiger partial charge in [0.2, 0.25) is 5.91 Å². The number of amides is 2. The molecule has 6 heteroatoms. The van der Waals surface area contributed by atoms with Crippen LogP contribution >= 0.6 is 0 Å². The number of benzene rings is 2. The van der Waals surface area contributed by atoms with Crippen LogP contribution < -0.4 is 14.8 Å². The van der Waals surface area contributed by atoms with Gasteiger partial charge in [0.25, 0.3) is 5.91 Å². The lowest BCUT2D eigenvalue weighted by Gasteiger charge is -2.17. The number of carbonyl (C=O) groups is 2. The van der Waals surface area contributed by atoms with Crippen LogP contribution in [-0.2, 0) is 11.3 Å². The monoisotopic (exact) mass is 382 g/mol. The van der Waals surface area contributed by atoms with Gasteiger partial charge in [0.15, 0.2) is 0 Å². The van der Waals surface area contributed by atoms with Crippen molar-refractivity contribution in [1.82, 2.24) is 10.2 Å². The van der Waals surface area contributed by atoms with Gasteiger partial charge in [-0.05, 0) is 55.3 Å². The molecule has 0 bridgehead atoms. The van der Waals surface area contributed by atoms with E-state index in [0.29, 0.717) is 25.1 Å². The molecule has 0 aromatic heterocycles. The van der Waals surface area contributed by atoms with E-state index in [1.807, 2.05) is 48.2 Å². The highest BCUT2D eigenvalue weighted by Crippen LogP contribution is 2.17. The van der Waals surface area contributed by atoms with Gasteiger partial charge >= 0.3 is 0 Å². The first-order valence-electron chi connectivity index (χ1n) is 9.49. The van der Waals surface area contributed by atoms with Crippen molar-refractivity contribution in [2.24, 2.45) is 0 Å². The molecule has 0 saturated carbocycles. The molecule has 2 amide bonds. The van der Waals surface area contributed by atoms with Crippen LogP contribution in [0.15, 0.2) is 48.5 Å². The van der Waals surface area contributed by atoms with E-state index in [-0.39, 0.29) is 17.9 Å². The predicted octanol–water partition coefficient (Wildman–Crippen LogP) is 3.01. The van der Waals surface area contributed by atoms with Crippen molar-refractivity contribution >= 4 is 11.8 Å². The lowest BCUT2D eigenvalue weighted by atomic mass is 10.1. The highest BCUT2D eigenvalue weighted by Gasteiger charge is 2.20. The van der Waals surface area contributed by atoms with Crippen LogP contribution in [-0.4, -0.2) is 43.0 Å². The normalized spacial score (nSPS) is 14.6. The van der Waals surface area contributed by atoms with Gasteiger partial charge < -0.3 is 19.7 Å². The number of rotatable bonds is 8. The Morgan fingerprint density at radius 2 is 1.79 bits per heavy atom. The molecule has 0 unspecified atom stereocenters. The largest absolute Gasteiger partial charge is 0.497 e. The van der Waals surface area contributed by atoms with Crippen LogP contribution in [0.2, 0.25) is 0 Å². The molecule has 1 atom stereocenters. The van der Waals surface area contributed by atoms with Crippen molar-refractivity contribution in [3.05, 3.63) is 59.7 Å². The molecule has 1 fully saturated rings. The van der Waals surface area contributed by atoms with Gasteiger partial charge in [-0.1, -0.05) is 12.1 Å². The van der Waals surface area contributed by atoms with Crippen molar-refractivity contribution in [2.45, 2.75) is 32.4 Å². The summed E-state index contributed by atoms with van der Waals surface area (Å²) in [5.74, 6) is 1.55. The second-order valence-corrected chi connectivity index (χ2v) is 6.98. The first-order valence-corrected chi connectivity index (χ1v) is 9.49. The molecule has 28 heavy (non-hydrogen) atoms. The molecule has 148 valence electrons. The topological polar surface area (TPSA) is 67.9 Å². The Balaban J connectivity index is 1.47. The third-order valence-electron chi connectivity index (χ3n) is 4.70. The summed E-state index contributed by atoms with van der Waals surface area (Å²) in [5, 5.41) is 2.94. The van der Waals surface area contributed by atoms with Crippen LogP contribution in [0.4, 0.5) is 0 Å². The zero-order chi connectivity index (χ0) is 19.9. The summed E-state index contributed by atoms with van der Waals surface area (Å²) in [4.78, 5) is 26.0. The Morgan fingerprint density at radius 1 is 1.11 bits per heavy atom. The molecule has 0 spiro atoms. The fourth-order valence-electron chi connectivity index (χ4n) is 3.10. The predicted molar refractivity (Wildman–Crippen MR) is 107 cm³/mol. The van der Waals surface area contributed by atoms with E-state index < -0.39 is 0 Å². The summed E-state index contributed by atoms with van der Waals surface area (Å²) >= 11 is 0. The molecule has 6 nitrogen and oxygen atoms in total. The van der Waals surface area contributed by atoms with E-state index in [9.17, 15) is 9.59 Å². The lowest BCUT2D eigenvalue weighted by Crippen LogP contribution is -2.36. The summed E-state index contributed by atoms with van der Waals surface area (Å²) < 4.78 is 10.8. The zero-order valence-corrected chi connectivity index (χ0v) is 16.3. The first kappa shape index (κ1) is 19.7. The average Bonchev–Trinajstić information content (AvgIpc) is 3.11. The minimum absolute atomic E-state index is 0.142. The standard InChI is InChI=1S/C22H26N2O4/c1-16(15-28-20-11-9-19(27-2)10-12-20)23-22(26)18-7-5-17(6-8-18)14-24-13-3-4-21(24)25/h5-12,16H,3-4,13-15H2,1-2H3,(H,23,26)/t16-/m1/s1. The van der Waals surface area contributed by atoms with Gasteiger partial charge in [-0.25, -0.2) is 0 Å². The van der Waals surface area contributed by atoms with Gasteiger partial charge in [-0.2, -0.15) is 0 Å². The highest BCUT2D eigenvalue weighted by atomic mass is 16.5. The molecule has 1 heterocycles. The average molecular weight is 382 g/mol. The molecule has 3 rings (SSSR count). The van der Waals surface area contributed by atoms with Crippen molar-refractivity contribution < 1.29 is 19.1 Å². The summed E-state index contributed by atoms with van der Waals surface area (Å²) in [5.41, 5.74) is 1.62. The number of nitrogens with zero attached hydrogens (tertiary/aromatic N) is 1. The van der Waals surface area contributed by atoms with Crippen molar-refractivity contribution in [1.29, 1.82) is 0 Å². The van der Waals surface area contributed by atoms with E-state index in [1.54, 1.807) is 19.2 Å². The maximum Gasteiger partial charge on any atom is 0.251 e. The fraction of sp³-hybridized carbons (Fsp3) is 0.364. The van der Waals surface area contributed by atoms with Gasteiger partial charge in [0, 0.05) is 25.1 Å².